The molecule has 29 heavy (non-hydrogen) atoms. The van der Waals surface area contributed by atoms with E-state index in [1.807, 2.05) is 43.3 Å². The molecule has 0 radical (unpaired) electrons. The zero-order valence-corrected chi connectivity index (χ0v) is 16.6. The van der Waals surface area contributed by atoms with Crippen LogP contribution in [-0.2, 0) is 6.42 Å². The third kappa shape index (κ3) is 5.67. The molecule has 3 aromatic carbocycles. The van der Waals surface area contributed by atoms with Gasteiger partial charge in [-0.1, -0.05) is 60.2 Å². The van der Waals surface area contributed by atoms with E-state index in [2.05, 4.69) is 5.32 Å². The summed E-state index contributed by atoms with van der Waals surface area (Å²) >= 11 is 0. The van der Waals surface area contributed by atoms with Crippen molar-refractivity contribution in [2.75, 3.05) is 6.54 Å². The number of hydrogen-bond acceptors (Lipinski definition) is 2. The first-order chi connectivity index (χ1) is 14.0. The minimum Gasteiger partial charge on any atom is -0.507 e. The number of carbonyl (C=O) groups excluding carboxylic acids is 1. The first-order valence-corrected chi connectivity index (χ1v) is 9.91. The Labute approximate surface area is 171 Å². The average molecular weight is 391 g/mol. The van der Waals surface area contributed by atoms with Crippen LogP contribution in [0, 0.1) is 12.7 Å². The molecule has 0 spiro atoms. The van der Waals surface area contributed by atoms with E-state index in [9.17, 15) is 14.3 Å². The summed E-state index contributed by atoms with van der Waals surface area (Å²) in [6.45, 7) is 2.41. The van der Waals surface area contributed by atoms with Crippen LogP contribution in [0.5, 0.6) is 5.75 Å². The molecule has 0 aliphatic rings. The summed E-state index contributed by atoms with van der Waals surface area (Å²) in [4.78, 5) is 12.5. The topological polar surface area (TPSA) is 49.3 Å². The predicted octanol–water partition coefficient (Wildman–Crippen LogP) is 5.38. The number of aryl methyl sites for hydroxylation is 2. The highest BCUT2D eigenvalue weighted by Gasteiger charge is 2.16. The summed E-state index contributed by atoms with van der Waals surface area (Å²) in [6, 6.07) is 21.7. The van der Waals surface area contributed by atoms with Crippen molar-refractivity contribution in [1.29, 1.82) is 0 Å². The normalized spacial score (nSPS) is 11.8. The Morgan fingerprint density at radius 3 is 2.52 bits per heavy atom. The number of nitrogens with one attached hydrogen (secondary N) is 1. The molecule has 2 N–H and O–H groups in total. The van der Waals surface area contributed by atoms with Crippen LogP contribution in [0.15, 0.2) is 72.8 Å². The highest BCUT2D eigenvalue weighted by molar-refractivity contribution is 5.96. The molecule has 3 aromatic rings. The highest BCUT2D eigenvalue weighted by Crippen LogP contribution is 2.23. The summed E-state index contributed by atoms with van der Waals surface area (Å²) in [5, 5.41) is 12.8. The Balaban J connectivity index is 1.65. The second kappa shape index (κ2) is 9.87. The molecule has 3 nitrogen and oxygen atoms in total. The number of amides is 1. The lowest BCUT2D eigenvalue weighted by molar-refractivity contribution is 0.0948. The van der Waals surface area contributed by atoms with Gasteiger partial charge in [-0.2, -0.15) is 0 Å². The van der Waals surface area contributed by atoms with Gasteiger partial charge in [-0.15, -0.1) is 0 Å². The van der Waals surface area contributed by atoms with Gasteiger partial charge >= 0.3 is 0 Å². The SMILES string of the molecule is Cc1ccc(F)c(CCCC(CNC(=O)c2ccccc2O)c2ccccc2)c1. The molecule has 0 fully saturated rings. The van der Waals surface area contributed by atoms with Crippen molar-refractivity contribution in [3.63, 3.8) is 0 Å². The minimum atomic E-state index is -0.297. The first kappa shape index (κ1) is 20.6. The van der Waals surface area contributed by atoms with Crippen LogP contribution in [0.3, 0.4) is 0 Å². The Kier molecular flexibility index (Phi) is 7.01. The van der Waals surface area contributed by atoms with Gasteiger partial charge in [0.2, 0.25) is 0 Å². The van der Waals surface area contributed by atoms with Crippen molar-refractivity contribution < 1.29 is 14.3 Å². The Bertz CT molecular complexity index is 956. The third-order valence-electron chi connectivity index (χ3n) is 5.13. The van der Waals surface area contributed by atoms with E-state index in [1.165, 1.54) is 12.1 Å². The molecule has 0 aliphatic heterocycles. The predicted molar refractivity (Wildman–Crippen MR) is 114 cm³/mol. The summed E-state index contributed by atoms with van der Waals surface area (Å²) in [7, 11) is 0. The maximum atomic E-state index is 14.0. The first-order valence-electron chi connectivity index (χ1n) is 9.91. The fourth-order valence-electron chi connectivity index (χ4n) is 3.52. The molecular weight excluding hydrogens is 365 g/mol. The number of para-hydroxylation sites is 1. The van der Waals surface area contributed by atoms with Crippen molar-refractivity contribution >= 4 is 5.91 Å². The molecule has 0 aromatic heterocycles. The van der Waals surface area contributed by atoms with Crippen LogP contribution in [0.2, 0.25) is 0 Å². The molecule has 4 heteroatoms. The van der Waals surface area contributed by atoms with Crippen LogP contribution in [0.25, 0.3) is 0 Å². The Hall–Kier alpha value is -3.14. The summed E-state index contributed by atoms with van der Waals surface area (Å²) in [5.74, 6) is -0.386. The van der Waals surface area contributed by atoms with Gasteiger partial charge in [0.15, 0.2) is 0 Å². The molecule has 0 heterocycles. The average Bonchev–Trinajstić information content (AvgIpc) is 2.73. The van der Waals surface area contributed by atoms with Crippen LogP contribution >= 0.6 is 0 Å². The number of phenols is 1. The van der Waals surface area contributed by atoms with Crippen LogP contribution < -0.4 is 5.32 Å². The number of halogens is 1. The van der Waals surface area contributed by atoms with Gasteiger partial charge in [-0.25, -0.2) is 4.39 Å². The number of benzene rings is 3. The fraction of sp³-hybridized carbons (Fsp3) is 0.240. The maximum Gasteiger partial charge on any atom is 0.255 e. The summed E-state index contributed by atoms with van der Waals surface area (Å²) < 4.78 is 14.0. The van der Waals surface area contributed by atoms with Gasteiger partial charge in [-0.05, 0) is 55.5 Å². The van der Waals surface area contributed by atoms with Crippen molar-refractivity contribution in [2.45, 2.75) is 32.1 Å². The molecule has 0 saturated carbocycles. The van der Waals surface area contributed by atoms with E-state index in [4.69, 9.17) is 0 Å². The van der Waals surface area contributed by atoms with E-state index >= 15 is 0 Å². The zero-order chi connectivity index (χ0) is 20.6. The Morgan fingerprint density at radius 2 is 1.76 bits per heavy atom. The van der Waals surface area contributed by atoms with E-state index in [1.54, 1.807) is 24.3 Å². The van der Waals surface area contributed by atoms with Gasteiger partial charge in [0.1, 0.15) is 11.6 Å². The molecular formula is C25H26FNO2. The number of carbonyl (C=O) groups is 1. The van der Waals surface area contributed by atoms with Crippen molar-refractivity contribution in [3.8, 4) is 5.75 Å². The van der Waals surface area contributed by atoms with Gasteiger partial charge < -0.3 is 10.4 Å². The molecule has 0 aliphatic carbocycles. The summed E-state index contributed by atoms with van der Waals surface area (Å²) in [5.41, 5.74) is 3.18. The van der Waals surface area contributed by atoms with Gasteiger partial charge in [0.05, 0.1) is 5.56 Å². The van der Waals surface area contributed by atoms with Crippen molar-refractivity contribution in [3.05, 3.63) is 101 Å². The largest absolute Gasteiger partial charge is 0.507 e. The van der Waals surface area contributed by atoms with E-state index in [-0.39, 0.29) is 29.0 Å². The van der Waals surface area contributed by atoms with E-state index < -0.39 is 0 Å². The summed E-state index contributed by atoms with van der Waals surface area (Å²) in [6.07, 6.45) is 2.29. The lowest BCUT2D eigenvalue weighted by Gasteiger charge is -2.19. The second-order valence-electron chi connectivity index (χ2n) is 7.32. The zero-order valence-electron chi connectivity index (χ0n) is 16.6. The van der Waals surface area contributed by atoms with Gasteiger partial charge in [0, 0.05) is 12.5 Å². The van der Waals surface area contributed by atoms with Gasteiger partial charge in [0.25, 0.3) is 5.91 Å². The molecule has 150 valence electrons. The number of phenolic OH excluding ortho intramolecular Hbond substituents is 1. The monoisotopic (exact) mass is 391 g/mol. The maximum absolute atomic E-state index is 14.0. The van der Waals surface area contributed by atoms with E-state index in [0.717, 1.165) is 29.5 Å². The quantitative estimate of drug-likeness (QED) is 0.542. The number of hydrogen-bond donors (Lipinski definition) is 2. The van der Waals surface area contributed by atoms with E-state index in [0.29, 0.717) is 13.0 Å². The van der Waals surface area contributed by atoms with Gasteiger partial charge in [-0.3, -0.25) is 4.79 Å². The molecule has 0 saturated heterocycles. The third-order valence-corrected chi connectivity index (χ3v) is 5.13. The standard InChI is InChI=1S/C25H26FNO2/c1-18-14-15-23(26)20(16-18)10-7-11-21(19-8-3-2-4-9-19)17-27-25(29)22-12-5-6-13-24(22)28/h2-6,8-9,12-16,21,28H,7,10-11,17H2,1H3,(H,27,29). The lowest BCUT2D eigenvalue weighted by Crippen LogP contribution is -2.28. The van der Waals surface area contributed by atoms with Crippen molar-refractivity contribution in [2.24, 2.45) is 0 Å². The minimum absolute atomic E-state index is 0.0313. The second-order valence-corrected chi connectivity index (χ2v) is 7.32. The number of aromatic hydroxyl groups is 1. The smallest absolute Gasteiger partial charge is 0.255 e. The van der Waals surface area contributed by atoms with Crippen LogP contribution in [0.4, 0.5) is 4.39 Å². The van der Waals surface area contributed by atoms with Crippen LogP contribution in [0.1, 0.15) is 45.8 Å². The molecule has 1 unspecified atom stereocenters. The lowest BCUT2D eigenvalue weighted by atomic mass is 9.92. The molecule has 1 amide bonds. The Morgan fingerprint density at radius 1 is 1.03 bits per heavy atom. The van der Waals surface area contributed by atoms with Crippen LogP contribution in [-0.4, -0.2) is 17.6 Å². The fourth-order valence-corrected chi connectivity index (χ4v) is 3.52. The number of rotatable bonds is 8. The highest BCUT2D eigenvalue weighted by atomic mass is 19.1. The van der Waals surface area contributed by atoms with Crippen molar-refractivity contribution in [1.82, 2.24) is 5.32 Å². The molecule has 1 atom stereocenters. The molecule has 3 rings (SSSR count). The molecule has 0 bridgehead atoms.